The number of thiophene rings is 1. The number of Topliss-reactive ketones (excluding diaryl/α,β-unsaturated/α-hetero) is 1. The largest absolute Gasteiger partial charge is 0.491 e. The fourth-order valence-electron chi connectivity index (χ4n) is 3.91. The summed E-state index contributed by atoms with van der Waals surface area (Å²) < 4.78 is 6.91. The monoisotopic (exact) mass is 394 g/mol. The first-order valence-corrected chi connectivity index (χ1v) is 10.8. The number of benzene rings is 1. The van der Waals surface area contributed by atoms with Crippen LogP contribution >= 0.6 is 11.3 Å². The molecule has 0 radical (unpaired) electrons. The van der Waals surface area contributed by atoms with E-state index in [9.17, 15) is 4.79 Å². The van der Waals surface area contributed by atoms with Crippen LogP contribution in [0.5, 0.6) is 5.75 Å². The first-order valence-electron chi connectivity index (χ1n) is 9.93. The van der Waals surface area contributed by atoms with E-state index in [2.05, 4.69) is 27.4 Å². The summed E-state index contributed by atoms with van der Waals surface area (Å²) in [6, 6.07) is 12.1. The minimum absolute atomic E-state index is 0.161. The van der Waals surface area contributed by atoms with Crippen molar-refractivity contribution < 1.29 is 9.53 Å². The molecule has 28 heavy (non-hydrogen) atoms. The van der Waals surface area contributed by atoms with Crippen LogP contribution < -0.4 is 9.64 Å². The summed E-state index contributed by atoms with van der Waals surface area (Å²) in [6.07, 6.45) is 4.27. The second-order valence-electron chi connectivity index (χ2n) is 7.80. The van der Waals surface area contributed by atoms with Crippen molar-refractivity contribution in [3.63, 3.8) is 0 Å². The van der Waals surface area contributed by atoms with Crippen LogP contribution in [-0.2, 0) is 11.2 Å². The van der Waals surface area contributed by atoms with Gasteiger partial charge in [-0.3, -0.25) is 9.78 Å². The lowest BCUT2D eigenvalue weighted by atomic mass is 9.98. The molecule has 0 aliphatic carbocycles. The van der Waals surface area contributed by atoms with Gasteiger partial charge >= 0.3 is 0 Å². The van der Waals surface area contributed by atoms with Crippen LogP contribution in [0, 0.1) is 5.92 Å². The Labute approximate surface area is 170 Å². The number of aromatic nitrogens is 1. The highest BCUT2D eigenvalue weighted by Crippen LogP contribution is 2.34. The van der Waals surface area contributed by atoms with Crippen molar-refractivity contribution in [2.75, 3.05) is 18.0 Å². The molecule has 1 aliphatic rings. The van der Waals surface area contributed by atoms with Crippen molar-refractivity contribution in [1.82, 2.24) is 4.98 Å². The first-order chi connectivity index (χ1) is 13.6. The standard InChI is InChI=1S/C23H26N2O2S/c1-16(2)27-20-5-3-17(4-6-20)13-19(26)14-18-8-11-25(15-18)22-7-10-24-21-9-12-28-23(21)22/h3-7,9-10,12,16,18H,8,11,13-15H2,1-2H3. The number of pyridine rings is 1. The molecule has 0 spiro atoms. The fourth-order valence-corrected chi connectivity index (χ4v) is 4.80. The van der Waals surface area contributed by atoms with Crippen LogP contribution in [0.3, 0.4) is 0 Å². The van der Waals surface area contributed by atoms with Crippen molar-refractivity contribution in [2.24, 2.45) is 5.92 Å². The molecule has 1 unspecified atom stereocenters. The van der Waals surface area contributed by atoms with Gasteiger partial charge < -0.3 is 9.64 Å². The molecule has 3 heterocycles. The zero-order valence-electron chi connectivity index (χ0n) is 16.4. The van der Waals surface area contributed by atoms with Crippen LogP contribution in [0.25, 0.3) is 10.2 Å². The minimum atomic E-state index is 0.161. The summed E-state index contributed by atoms with van der Waals surface area (Å²) in [4.78, 5) is 19.4. The van der Waals surface area contributed by atoms with E-state index in [0.29, 0.717) is 24.5 Å². The Kier molecular flexibility index (Phi) is 5.62. The predicted molar refractivity (Wildman–Crippen MR) is 115 cm³/mol. The van der Waals surface area contributed by atoms with E-state index < -0.39 is 0 Å². The maximum Gasteiger partial charge on any atom is 0.137 e. The highest BCUT2D eigenvalue weighted by Gasteiger charge is 2.26. The maximum absolute atomic E-state index is 12.6. The Bertz CT molecular complexity index is 949. The van der Waals surface area contributed by atoms with E-state index in [1.165, 1.54) is 10.4 Å². The average molecular weight is 395 g/mol. The molecule has 0 amide bonds. The minimum Gasteiger partial charge on any atom is -0.491 e. The number of ether oxygens (including phenoxy) is 1. The second kappa shape index (κ2) is 8.31. The Morgan fingerprint density at radius 3 is 2.86 bits per heavy atom. The van der Waals surface area contributed by atoms with E-state index in [4.69, 9.17) is 4.74 Å². The number of rotatable bonds is 7. The van der Waals surface area contributed by atoms with Gasteiger partial charge in [0, 0.05) is 32.1 Å². The number of ketones is 1. The van der Waals surface area contributed by atoms with Gasteiger partial charge in [0.25, 0.3) is 0 Å². The molecule has 146 valence electrons. The van der Waals surface area contributed by atoms with E-state index >= 15 is 0 Å². The van der Waals surface area contributed by atoms with Gasteiger partial charge in [-0.05, 0) is 61.4 Å². The number of hydrogen-bond donors (Lipinski definition) is 0. The maximum atomic E-state index is 12.6. The van der Waals surface area contributed by atoms with Gasteiger partial charge in [-0.1, -0.05) is 12.1 Å². The lowest BCUT2D eigenvalue weighted by molar-refractivity contribution is -0.119. The third-order valence-corrected chi connectivity index (χ3v) is 6.09. The molecule has 0 saturated carbocycles. The smallest absolute Gasteiger partial charge is 0.137 e. The van der Waals surface area contributed by atoms with Crippen molar-refractivity contribution in [2.45, 2.75) is 39.2 Å². The van der Waals surface area contributed by atoms with Gasteiger partial charge in [0.1, 0.15) is 11.5 Å². The second-order valence-corrected chi connectivity index (χ2v) is 8.71. The zero-order chi connectivity index (χ0) is 19.5. The van der Waals surface area contributed by atoms with Gasteiger partial charge in [-0.2, -0.15) is 0 Å². The van der Waals surface area contributed by atoms with E-state index in [1.807, 2.05) is 44.3 Å². The van der Waals surface area contributed by atoms with Gasteiger partial charge in [-0.25, -0.2) is 0 Å². The van der Waals surface area contributed by atoms with Gasteiger partial charge in [0.2, 0.25) is 0 Å². The first kappa shape index (κ1) is 18.9. The number of fused-ring (bicyclic) bond motifs is 1. The summed E-state index contributed by atoms with van der Waals surface area (Å²) in [7, 11) is 0. The summed E-state index contributed by atoms with van der Waals surface area (Å²) in [5.74, 6) is 1.61. The molecule has 1 saturated heterocycles. The average Bonchev–Trinajstić information content (AvgIpc) is 3.32. The van der Waals surface area contributed by atoms with Crippen LogP contribution in [0.4, 0.5) is 5.69 Å². The van der Waals surface area contributed by atoms with Crippen LogP contribution in [0.1, 0.15) is 32.3 Å². The lowest BCUT2D eigenvalue weighted by Gasteiger charge is -2.19. The molecule has 0 N–H and O–H groups in total. The SMILES string of the molecule is CC(C)Oc1ccc(CC(=O)CC2CCN(c3ccnc4ccsc34)C2)cc1. The topological polar surface area (TPSA) is 42.4 Å². The summed E-state index contributed by atoms with van der Waals surface area (Å²) in [5, 5.41) is 2.09. The Morgan fingerprint density at radius 2 is 2.07 bits per heavy atom. The molecule has 1 aromatic carbocycles. The zero-order valence-corrected chi connectivity index (χ0v) is 17.2. The number of hydrogen-bond acceptors (Lipinski definition) is 5. The Hall–Kier alpha value is -2.40. The normalized spacial score (nSPS) is 16.8. The Morgan fingerprint density at radius 1 is 1.25 bits per heavy atom. The predicted octanol–water partition coefficient (Wildman–Crippen LogP) is 5.11. The van der Waals surface area contributed by atoms with Gasteiger partial charge in [0.05, 0.1) is 22.0 Å². The molecular weight excluding hydrogens is 368 g/mol. The third kappa shape index (κ3) is 4.36. The summed E-state index contributed by atoms with van der Waals surface area (Å²) >= 11 is 1.74. The van der Waals surface area contributed by atoms with Gasteiger partial charge in [0.15, 0.2) is 0 Å². The number of carbonyl (C=O) groups is 1. The molecule has 2 aromatic heterocycles. The number of nitrogens with zero attached hydrogens (tertiary/aromatic N) is 2. The van der Waals surface area contributed by atoms with Crippen molar-refractivity contribution in [1.29, 1.82) is 0 Å². The Balaban J connectivity index is 1.33. The highest BCUT2D eigenvalue weighted by molar-refractivity contribution is 7.17. The van der Waals surface area contributed by atoms with Crippen LogP contribution in [0.2, 0.25) is 0 Å². The lowest BCUT2D eigenvalue weighted by Crippen LogP contribution is -2.21. The number of carbonyl (C=O) groups excluding carboxylic acids is 1. The molecule has 0 bridgehead atoms. The van der Waals surface area contributed by atoms with E-state index in [1.54, 1.807) is 11.3 Å². The van der Waals surface area contributed by atoms with Crippen molar-refractivity contribution >= 4 is 33.0 Å². The van der Waals surface area contributed by atoms with Crippen molar-refractivity contribution in [3.05, 3.63) is 53.5 Å². The fraction of sp³-hybridized carbons (Fsp3) is 0.391. The highest BCUT2D eigenvalue weighted by atomic mass is 32.1. The molecule has 1 aliphatic heterocycles. The molecule has 3 aromatic rings. The molecule has 4 rings (SSSR count). The molecule has 5 heteroatoms. The van der Waals surface area contributed by atoms with Crippen LogP contribution in [-0.4, -0.2) is 30.0 Å². The van der Waals surface area contributed by atoms with E-state index in [-0.39, 0.29) is 6.10 Å². The summed E-state index contributed by atoms with van der Waals surface area (Å²) in [5.41, 5.74) is 3.38. The molecular formula is C23H26N2O2S. The molecule has 4 nitrogen and oxygen atoms in total. The quantitative estimate of drug-likeness (QED) is 0.558. The third-order valence-electron chi connectivity index (χ3n) is 5.16. The summed E-state index contributed by atoms with van der Waals surface area (Å²) in [6.45, 7) is 5.98. The van der Waals surface area contributed by atoms with Crippen LogP contribution in [0.15, 0.2) is 48.0 Å². The molecule has 1 atom stereocenters. The van der Waals surface area contributed by atoms with Gasteiger partial charge in [-0.15, -0.1) is 11.3 Å². The van der Waals surface area contributed by atoms with Crippen molar-refractivity contribution in [3.8, 4) is 5.75 Å². The molecule has 1 fully saturated rings. The van der Waals surface area contributed by atoms with E-state index in [0.717, 1.165) is 36.3 Å². The number of anilines is 1.